The lowest BCUT2D eigenvalue weighted by Gasteiger charge is -2.23. The number of benzene rings is 2. The number of hydrogen-bond donors (Lipinski definition) is 1. The van der Waals surface area contributed by atoms with Crippen molar-refractivity contribution in [3.63, 3.8) is 0 Å². The molecule has 2 aromatic carbocycles. The summed E-state index contributed by atoms with van der Waals surface area (Å²) in [6.45, 7) is 0.408. The summed E-state index contributed by atoms with van der Waals surface area (Å²) in [7, 11) is 0. The summed E-state index contributed by atoms with van der Waals surface area (Å²) in [6.07, 6.45) is 1.18. The molecule has 4 rings (SSSR count). The average Bonchev–Trinajstić information content (AvgIpc) is 3.44. The fourth-order valence-corrected chi connectivity index (χ4v) is 4.11. The maximum atomic E-state index is 12.9. The van der Waals surface area contributed by atoms with Gasteiger partial charge in [-0.15, -0.1) is 10.2 Å². The van der Waals surface area contributed by atoms with Gasteiger partial charge in [0, 0.05) is 29.8 Å². The van der Waals surface area contributed by atoms with Gasteiger partial charge >= 0.3 is 0 Å². The Balaban J connectivity index is 1.48. The normalized spacial score (nSPS) is 15.7. The molecule has 0 bridgehead atoms. The number of nitro benzene ring substituents is 1. The molecule has 10 heteroatoms. The van der Waals surface area contributed by atoms with E-state index in [0.717, 1.165) is 5.56 Å². The number of hydrogen-bond acceptors (Lipinski definition) is 7. The number of carbonyl (C=O) groups is 2. The molecule has 2 heterocycles. The number of nitro groups is 1. The third kappa shape index (κ3) is 4.03. The van der Waals surface area contributed by atoms with Crippen LogP contribution in [0.3, 0.4) is 0 Å². The Morgan fingerprint density at radius 1 is 1.13 bits per heavy atom. The van der Waals surface area contributed by atoms with Crippen LogP contribution in [0.25, 0.3) is 10.6 Å². The summed E-state index contributed by atoms with van der Waals surface area (Å²) in [5, 5.41) is 22.9. The van der Waals surface area contributed by atoms with Crippen molar-refractivity contribution in [2.24, 2.45) is 0 Å². The third-order valence-corrected chi connectivity index (χ3v) is 5.68. The van der Waals surface area contributed by atoms with Gasteiger partial charge in [0.05, 0.1) is 4.92 Å². The molecule has 1 aromatic heterocycles. The van der Waals surface area contributed by atoms with Gasteiger partial charge in [0.2, 0.25) is 11.0 Å². The van der Waals surface area contributed by atoms with E-state index in [2.05, 4.69) is 15.5 Å². The lowest BCUT2D eigenvalue weighted by atomic mass is 10.1. The second-order valence-corrected chi connectivity index (χ2v) is 7.71. The van der Waals surface area contributed by atoms with Crippen LogP contribution in [0.4, 0.5) is 10.8 Å². The number of amides is 2. The van der Waals surface area contributed by atoms with Crippen LogP contribution < -0.4 is 5.32 Å². The first kappa shape index (κ1) is 19.6. The Labute approximate surface area is 175 Å². The summed E-state index contributed by atoms with van der Waals surface area (Å²) >= 11 is 1.25. The van der Waals surface area contributed by atoms with Crippen molar-refractivity contribution in [2.75, 3.05) is 11.9 Å². The van der Waals surface area contributed by atoms with Crippen LogP contribution in [0.1, 0.15) is 23.2 Å². The molecule has 0 aliphatic carbocycles. The molecule has 0 radical (unpaired) electrons. The van der Waals surface area contributed by atoms with Crippen LogP contribution >= 0.6 is 11.3 Å². The van der Waals surface area contributed by atoms with Crippen LogP contribution in [-0.2, 0) is 4.79 Å². The van der Waals surface area contributed by atoms with Gasteiger partial charge in [0.25, 0.3) is 11.6 Å². The summed E-state index contributed by atoms with van der Waals surface area (Å²) in [4.78, 5) is 37.6. The van der Waals surface area contributed by atoms with Crippen molar-refractivity contribution < 1.29 is 14.5 Å². The second kappa shape index (κ2) is 8.37. The van der Waals surface area contributed by atoms with Gasteiger partial charge in [-0.05, 0) is 18.9 Å². The molecule has 1 atom stereocenters. The van der Waals surface area contributed by atoms with E-state index in [1.807, 2.05) is 30.3 Å². The molecule has 0 saturated carbocycles. The summed E-state index contributed by atoms with van der Waals surface area (Å²) in [5.74, 6) is -0.749. The highest BCUT2D eigenvalue weighted by molar-refractivity contribution is 7.18. The van der Waals surface area contributed by atoms with E-state index < -0.39 is 16.9 Å². The van der Waals surface area contributed by atoms with Crippen LogP contribution in [0.5, 0.6) is 0 Å². The van der Waals surface area contributed by atoms with Gasteiger partial charge in [-0.1, -0.05) is 47.7 Å². The lowest BCUT2D eigenvalue weighted by molar-refractivity contribution is -0.384. The number of nitrogens with zero attached hydrogens (tertiary/aromatic N) is 4. The van der Waals surface area contributed by atoms with Crippen molar-refractivity contribution in [3.8, 4) is 10.6 Å². The predicted molar refractivity (Wildman–Crippen MR) is 111 cm³/mol. The number of anilines is 1. The van der Waals surface area contributed by atoms with E-state index in [-0.39, 0.29) is 17.2 Å². The SMILES string of the molecule is O=C(Nc1nnc(-c2ccccc2)s1)[C@@H]1CCCN1C(=O)c1cccc([N+](=O)[O-])c1. The zero-order chi connectivity index (χ0) is 21.1. The Hall–Kier alpha value is -3.66. The molecule has 9 nitrogen and oxygen atoms in total. The van der Waals surface area contributed by atoms with Gasteiger partial charge < -0.3 is 4.90 Å². The predicted octanol–water partition coefficient (Wildman–Crippen LogP) is 3.36. The van der Waals surface area contributed by atoms with Crippen molar-refractivity contribution >= 4 is 34.0 Å². The van der Waals surface area contributed by atoms with Crippen molar-refractivity contribution in [1.82, 2.24) is 15.1 Å². The number of rotatable bonds is 5. The minimum absolute atomic E-state index is 0.164. The smallest absolute Gasteiger partial charge is 0.270 e. The van der Waals surface area contributed by atoms with Gasteiger partial charge in [0.15, 0.2) is 0 Å². The quantitative estimate of drug-likeness (QED) is 0.497. The topological polar surface area (TPSA) is 118 Å². The van der Waals surface area contributed by atoms with Gasteiger partial charge in [-0.25, -0.2) is 0 Å². The Bertz CT molecular complexity index is 1100. The molecule has 1 aliphatic heterocycles. The Morgan fingerprint density at radius 2 is 1.93 bits per heavy atom. The van der Waals surface area contributed by atoms with Crippen molar-refractivity contribution in [3.05, 3.63) is 70.3 Å². The zero-order valence-corrected chi connectivity index (χ0v) is 16.5. The minimum atomic E-state index is -0.666. The van der Waals surface area contributed by atoms with E-state index in [9.17, 15) is 19.7 Å². The van der Waals surface area contributed by atoms with Crippen LogP contribution in [0, 0.1) is 10.1 Å². The molecule has 30 heavy (non-hydrogen) atoms. The van der Waals surface area contributed by atoms with E-state index in [1.165, 1.54) is 40.5 Å². The van der Waals surface area contributed by atoms with E-state index in [1.54, 1.807) is 0 Å². The first-order valence-electron chi connectivity index (χ1n) is 9.28. The molecule has 1 saturated heterocycles. The molecule has 3 aromatic rings. The van der Waals surface area contributed by atoms with Gasteiger partial charge in [0.1, 0.15) is 11.0 Å². The maximum Gasteiger partial charge on any atom is 0.270 e. The molecule has 1 aliphatic rings. The molecule has 1 N–H and O–H groups in total. The molecular formula is C20H17N5O4S. The molecule has 1 fully saturated rings. The van der Waals surface area contributed by atoms with Gasteiger partial charge in [-0.3, -0.25) is 25.0 Å². The number of aromatic nitrogens is 2. The number of non-ortho nitro benzene ring substituents is 1. The number of likely N-dealkylation sites (tertiary alicyclic amines) is 1. The van der Waals surface area contributed by atoms with E-state index in [4.69, 9.17) is 0 Å². The van der Waals surface area contributed by atoms with Crippen molar-refractivity contribution in [2.45, 2.75) is 18.9 Å². The largest absolute Gasteiger partial charge is 0.327 e. The molecule has 0 spiro atoms. The fraction of sp³-hybridized carbons (Fsp3) is 0.200. The molecular weight excluding hydrogens is 406 g/mol. The third-order valence-electron chi connectivity index (χ3n) is 4.80. The first-order chi connectivity index (χ1) is 14.5. The summed E-state index contributed by atoms with van der Waals surface area (Å²) in [6, 6.07) is 14.4. The second-order valence-electron chi connectivity index (χ2n) is 6.73. The van der Waals surface area contributed by atoms with Crippen molar-refractivity contribution in [1.29, 1.82) is 0 Å². The van der Waals surface area contributed by atoms with Crippen LogP contribution in [-0.4, -0.2) is 44.4 Å². The Kier molecular flexibility index (Phi) is 5.48. The van der Waals surface area contributed by atoms with Crippen LogP contribution in [0.15, 0.2) is 54.6 Å². The van der Waals surface area contributed by atoms with Gasteiger partial charge in [-0.2, -0.15) is 0 Å². The summed E-state index contributed by atoms with van der Waals surface area (Å²) in [5.41, 5.74) is 0.924. The van der Waals surface area contributed by atoms with E-state index >= 15 is 0 Å². The molecule has 0 unspecified atom stereocenters. The highest BCUT2D eigenvalue weighted by Crippen LogP contribution is 2.28. The molecule has 152 valence electrons. The summed E-state index contributed by atoms with van der Waals surface area (Å²) < 4.78 is 0. The maximum absolute atomic E-state index is 12.9. The fourth-order valence-electron chi connectivity index (χ4n) is 3.36. The van der Waals surface area contributed by atoms with Crippen LogP contribution in [0.2, 0.25) is 0 Å². The van der Waals surface area contributed by atoms with E-state index in [0.29, 0.717) is 29.5 Å². The minimum Gasteiger partial charge on any atom is -0.327 e. The standard InChI is InChI=1S/C20H17N5O4S/c26-17(21-20-23-22-18(30-20)13-6-2-1-3-7-13)16-10-5-11-24(16)19(27)14-8-4-9-15(12-14)25(28)29/h1-4,6-9,12,16H,5,10-11H2,(H,21,23,26)/t16-/m0/s1. The average molecular weight is 423 g/mol. The Morgan fingerprint density at radius 3 is 2.70 bits per heavy atom. The number of nitrogens with one attached hydrogen (secondary N) is 1. The highest BCUT2D eigenvalue weighted by Gasteiger charge is 2.35. The monoisotopic (exact) mass is 423 g/mol. The molecule has 2 amide bonds. The zero-order valence-electron chi connectivity index (χ0n) is 15.7. The number of carbonyl (C=O) groups excluding carboxylic acids is 2. The lowest BCUT2D eigenvalue weighted by Crippen LogP contribution is -2.43. The highest BCUT2D eigenvalue weighted by atomic mass is 32.1. The first-order valence-corrected chi connectivity index (χ1v) is 10.1.